The number of aryl methyl sites for hydroxylation is 1. The Balaban J connectivity index is 3.04. The summed E-state index contributed by atoms with van der Waals surface area (Å²) in [5.41, 5.74) is 0.203. The zero-order valence-electron chi connectivity index (χ0n) is 12.3. The van der Waals surface area contributed by atoms with E-state index in [-0.39, 0.29) is 10.6 Å². The van der Waals surface area contributed by atoms with Crippen LogP contribution in [0.4, 0.5) is 0 Å². The van der Waals surface area contributed by atoms with E-state index >= 15 is 0 Å². The number of aromatic amines is 1. The van der Waals surface area contributed by atoms with Crippen molar-refractivity contribution in [3.63, 3.8) is 0 Å². The van der Waals surface area contributed by atoms with Crippen LogP contribution in [0.15, 0.2) is 4.90 Å². The molecule has 9 heteroatoms. The van der Waals surface area contributed by atoms with Crippen molar-refractivity contribution in [2.24, 2.45) is 0 Å². The molecule has 0 fully saturated rings. The summed E-state index contributed by atoms with van der Waals surface area (Å²) in [4.78, 5) is 13.5. The summed E-state index contributed by atoms with van der Waals surface area (Å²) < 4.78 is 28.3. The fourth-order valence-corrected chi connectivity index (χ4v) is 3.23. The predicted molar refractivity (Wildman–Crippen MR) is 79.1 cm³/mol. The second-order valence-electron chi connectivity index (χ2n) is 4.64. The Morgan fingerprint density at radius 2 is 2.14 bits per heavy atom. The quantitative estimate of drug-likeness (QED) is 0.571. The summed E-state index contributed by atoms with van der Waals surface area (Å²) in [6, 6.07) is 0. The topological polar surface area (TPSA) is 92.4 Å². The van der Waals surface area contributed by atoms with Gasteiger partial charge in [-0.2, -0.15) is 5.10 Å². The lowest BCUT2D eigenvalue weighted by Crippen LogP contribution is -2.29. The van der Waals surface area contributed by atoms with Gasteiger partial charge in [-0.05, 0) is 12.8 Å². The molecule has 1 rings (SSSR count). The molecule has 0 aliphatic heterocycles. The number of carbonyl (C=O) groups is 1. The van der Waals surface area contributed by atoms with Gasteiger partial charge >= 0.3 is 0 Å². The highest BCUT2D eigenvalue weighted by Gasteiger charge is 2.29. The Kier molecular flexibility index (Phi) is 6.63. The first-order valence-corrected chi connectivity index (χ1v) is 8.90. The number of nitrogens with zero attached hydrogens (tertiary/aromatic N) is 2. The molecule has 0 atom stereocenters. The SMILES string of the molecule is CCCc1[nH]nc(C(=O)N(C)CCCOC)c1S(=O)(=O)Cl. The van der Waals surface area contributed by atoms with Gasteiger partial charge in [0.2, 0.25) is 0 Å². The van der Waals surface area contributed by atoms with E-state index in [2.05, 4.69) is 10.2 Å². The highest BCUT2D eigenvalue weighted by Crippen LogP contribution is 2.24. The highest BCUT2D eigenvalue weighted by molar-refractivity contribution is 8.13. The van der Waals surface area contributed by atoms with Gasteiger partial charge in [0.25, 0.3) is 15.0 Å². The minimum atomic E-state index is -4.04. The van der Waals surface area contributed by atoms with E-state index in [1.54, 1.807) is 14.2 Å². The van der Waals surface area contributed by atoms with Crippen LogP contribution in [0.5, 0.6) is 0 Å². The van der Waals surface area contributed by atoms with Crippen molar-refractivity contribution in [2.45, 2.75) is 31.1 Å². The zero-order chi connectivity index (χ0) is 16.0. The van der Waals surface area contributed by atoms with Gasteiger partial charge in [-0.15, -0.1) is 0 Å². The van der Waals surface area contributed by atoms with Crippen LogP contribution < -0.4 is 0 Å². The van der Waals surface area contributed by atoms with E-state index in [1.807, 2.05) is 6.92 Å². The summed E-state index contributed by atoms with van der Waals surface area (Å²) >= 11 is 0. The van der Waals surface area contributed by atoms with Crippen LogP contribution in [-0.2, 0) is 20.2 Å². The van der Waals surface area contributed by atoms with Gasteiger partial charge in [-0.25, -0.2) is 8.42 Å². The zero-order valence-corrected chi connectivity index (χ0v) is 13.9. The lowest BCUT2D eigenvalue weighted by Gasteiger charge is -2.16. The molecule has 0 aliphatic rings. The maximum Gasteiger partial charge on any atom is 0.275 e. The Morgan fingerprint density at radius 1 is 1.48 bits per heavy atom. The molecule has 21 heavy (non-hydrogen) atoms. The average molecular weight is 338 g/mol. The number of rotatable bonds is 8. The van der Waals surface area contributed by atoms with Crippen molar-refractivity contribution >= 4 is 25.6 Å². The molecule has 1 amide bonds. The van der Waals surface area contributed by atoms with E-state index < -0.39 is 15.0 Å². The van der Waals surface area contributed by atoms with E-state index in [1.165, 1.54) is 4.90 Å². The number of aromatic nitrogens is 2. The number of H-pyrrole nitrogens is 1. The van der Waals surface area contributed by atoms with Gasteiger partial charge in [0, 0.05) is 38.0 Å². The molecule has 0 radical (unpaired) electrons. The van der Waals surface area contributed by atoms with E-state index in [0.717, 1.165) is 0 Å². The van der Waals surface area contributed by atoms with Crippen molar-refractivity contribution in [1.29, 1.82) is 0 Å². The van der Waals surface area contributed by atoms with Crippen LogP contribution in [0.3, 0.4) is 0 Å². The first-order valence-electron chi connectivity index (χ1n) is 6.59. The second-order valence-corrected chi connectivity index (χ2v) is 7.14. The van der Waals surface area contributed by atoms with Gasteiger partial charge in [0.15, 0.2) is 5.69 Å². The monoisotopic (exact) mass is 337 g/mol. The normalized spacial score (nSPS) is 11.6. The van der Waals surface area contributed by atoms with E-state index in [9.17, 15) is 13.2 Å². The Bertz CT molecular complexity index is 585. The van der Waals surface area contributed by atoms with Crippen LogP contribution in [-0.4, -0.2) is 56.7 Å². The molecule has 0 unspecified atom stereocenters. The third-order valence-electron chi connectivity index (χ3n) is 2.93. The summed E-state index contributed by atoms with van der Waals surface area (Å²) in [6.45, 7) is 2.84. The average Bonchev–Trinajstić information content (AvgIpc) is 2.82. The third kappa shape index (κ3) is 4.69. The van der Waals surface area contributed by atoms with Crippen molar-refractivity contribution < 1.29 is 17.9 Å². The van der Waals surface area contributed by atoms with Crippen LogP contribution in [0.25, 0.3) is 0 Å². The number of hydrogen-bond acceptors (Lipinski definition) is 5. The van der Waals surface area contributed by atoms with E-state index in [0.29, 0.717) is 38.1 Å². The third-order valence-corrected chi connectivity index (χ3v) is 4.32. The smallest absolute Gasteiger partial charge is 0.275 e. The first kappa shape index (κ1) is 17.9. The molecule has 1 N–H and O–H groups in total. The minimum Gasteiger partial charge on any atom is -0.385 e. The summed E-state index contributed by atoms with van der Waals surface area (Å²) in [7, 11) is 4.56. The number of amides is 1. The number of halogens is 1. The minimum absolute atomic E-state index is 0.159. The van der Waals surface area contributed by atoms with Crippen LogP contribution in [0, 0.1) is 0 Å². The van der Waals surface area contributed by atoms with Gasteiger partial charge in [0.1, 0.15) is 4.90 Å². The lowest BCUT2D eigenvalue weighted by atomic mass is 10.2. The summed E-state index contributed by atoms with van der Waals surface area (Å²) in [6.07, 6.45) is 1.81. The molecule has 1 aromatic rings. The molecule has 0 bridgehead atoms. The largest absolute Gasteiger partial charge is 0.385 e. The number of nitrogens with one attached hydrogen (secondary N) is 1. The predicted octanol–water partition coefficient (Wildman–Crippen LogP) is 1.40. The molecule has 0 saturated carbocycles. The summed E-state index contributed by atoms with van der Waals surface area (Å²) in [5.74, 6) is -0.482. The fourth-order valence-electron chi connectivity index (χ4n) is 1.92. The van der Waals surface area contributed by atoms with Gasteiger partial charge in [-0.1, -0.05) is 13.3 Å². The molecular weight excluding hydrogens is 318 g/mol. The van der Waals surface area contributed by atoms with Crippen LogP contribution in [0.2, 0.25) is 0 Å². The molecule has 7 nitrogen and oxygen atoms in total. The maximum atomic E-state index is 12.3. The molecule has 1 heterocycles. The molecule has 120 valence electrons. The fraction of sp³-hybridized carbons (Fsp3) is 0.667. The van der Waals surface area contributed by atoms with Gasteiger partial charge in [-0.3, -0.25) is 9.89 Å². The van der Waals surface area contributed by atoms with Crippen molar-refractivity contribution in [1.82, 2.24) is 15.1 Å². The van der Waals surface area contributed by atoms with Crippen molar-refractivity contribution in [2.75, 3.05) is 27.3 Å². The standard InChI is InChI=1S/C12H20ClN3O4S/c1-4-6-9-11(21(13,18)19)10(15-14-9)12(17)16(2)7-5-8-20-3/h4-8H2,1-3H3,(H,14,15). The van der Waals surface area contributed by atoms with Crippen LogP contribution >= 0.6 is 10.7 Å². The molecule has 0 saturated heterocycles. The second kappa shape index (κ2) is 7.77. The number of hydrogen-bond donors (Lipinski definition) is 1. The van der Waals surface area contributed by atoms with Crippen LogP contribution in [0.1, 0.15) is 35.9 Å². The molecule has 1 aromatic heterocycles. The number of methoxy groups -OCH3 is 1. The Hall–Kier alpha value is -1.12. The molecule has 0 aromatic carbocycles. The summed E-state index contributed by atoms with van der Waals surface area (Å²) in [5, 5.41) is 6.44. The maximum absolute atomic E-state index is 12.3. The molecule has 0 aliphatic carbocycles. The Morgan fingerprint density at radius 3 is 2.67 bits per heavy atom. The van der Waals surface area contributed by atoms with Gasteiger partial charge in [0.05, 0.1) is 5.69 Å². The van der Waals surface area contributed by atoms with E-state index in [4.69, 9.17) is 15.4 Å². The van der Waals surface area contributed by atoms with Crippen molar-refractivity contribution in [3.8, 4) is 0 Å². The van der Waals surface area contributed by atoms with Gasteiger partial charge < -0.3 is 9.64 Å². The highest BCUT2D eigenvalue weighted by atomic mass is 35.7. The number of carbonyl (C=O) groups excluding carboxylic acids is 1. The first-order chi connectivity index (χ1) is 9.82. The Labute approximate surface area is 129 Å². The lowest BCUT2D eigenvalue weighted by molar-refractivity contribution is 0.0770. The number of ether oxygens (including phenoxy) is 1. The molecular formula is C12H20ClN3O4S. The molecule has 0 spiro atoms. The van der Waals surface area contributed by atoms with Crippen molar-refractivity contribution in [3.05, 3.63) is 11.4 Å².